The van der Waals surface area contributed by atoms with E-state index >= 15 is 0 Å². The first-order valence-electron chi connectivity index (χ1n) is 12.9. The summed E-state index contributed by atoms with van der Waals surface area (Å²) in [4.78, 5) is 2.60. The number of nitrogens with one attached hydrogen (secondary N) is 1. The molecule has 0 atom stereocenters. The van der Waals surface area contributed by atoms with Gasteiger partial charge in [0.2, 0.25) is 0 Å². The van der Waals surface area contributed by atoms with Crippen molar-refractivity contribution in [2.24, 2.45) is 5.41 Å². The summed E-state index contributed by atoms with van der Waals surface area (Å²) < 4.78 is 0. The summed E-state index contributed by atoms with van der Waals surface area (Å²) in [6.45, 7) is 4.68. The van der Waals surface area contributed by atoms with E-state index in [0.29, 0.717) is 11.2 Å². The maximum Gasteiger partial charge on any atom is 0.115 e. The molecular weight excluding hydrogens is 416 g/mol. The molecule has 0 saturated carbocycles. The first-order valence-corrected chi connectivity index (χ1v) is 12.9. The van der Waals surface area contributed by atoms with Crippen LogP contribution >= 0.6 is 0 Å². The second-order valence-corrected chi connectivity index (χ2v) is 10.4. The molecule has 174 valence electrons. The number of aryl methyl sites for hydroxylation is 1. The number of phenolic OH excluding ortho intramolecular Hbond substituents is 1. The van der Waals surface area contributed by atoms with Crippen LogP contribution in [-0.4, -0.2) is 31.3 Å². The summed E-state index contributed by atoms with van der Waals surface area (Å²) in [5, 5.41) is 13.7. The molecule has 6 rings (SSSR count). The van der Waals surface area contributed by atoms with Crippen LogP contribution in [0.25, 0.3) is 11.1 Å². The molecule has 0 amide bonds. The van der Waals surface area contributed by atoms with Crippen molar-refractivity contribution in [2.75, 3.05) is 31.1 Å². The highest BCUT2D eigenvalue weighted by molar-refractivity contribution is 6.00. The fraction of sp³-hybridized carbons (Fsp3) is 0.355. The zero-order valence-electron chi connectivity index (χ0n) is 19.9. The summed E-state index contributed by atoms with van der Waals surface area (Å²) in [7, 11) is 0. The summed E-state index contributed by atoms with van der Waals surface area (Å²) in [6.07, 6.45) is 7.05. The number of piperidine rings is 1. The van der Waals surface area contributed by atoms with Gasteiger partial charge in [0.05, 0.1) is 0 Å². The van der Waals surface area contributed by atoms with Crippen molar-refractivity contribution >= 4 is 16.8 Å². The highest BCUT2D eigenvalue weighted by Crippen LogP contribution is 2.43. The average Bonchev–Trinajstić information content (AvgIpc) is 3.18. The van der Waals surface area contributed by atoms with E-state index in [9.17, 15) is 5.11 Å². The minimum Gasteiger partial charge on any atom is -0.508 e. The number of anilines is 1. The average molecular weight is 451 g/mol. The van der Waals surface area contributed by atoms with E-state index in [4.69, 9.17) is 0 Å². The monoisotopic (exact) mass is 450 g/mol. The first kappa shape index (κ1) is 21.5. The molecule has 2 aliphatic heterocycles. The Morgan fingerprint density at radius 2 is 1.59 bits per heavy atom. The number of hydrogen-bond acceptors (Lipinski definition) is 3. The first-order chi connectivity index (χ1) is 16.7. The lowest BCUT2D eigenvalue weighted by Crippen LogP contribution is -2.38. The van der Waals surface area contributed by atoms with Crippen LogP contribution in [0, 0.1) is 5.41 Å². The van der Waals surface area contributed by atoms with Crippen molar-refractivity contribution in [1.29, 1.82) is 0 Å². The summed E-state index contributed by atoms with van der Waals surface area (Å²) in [5.74, 6) is 0.359. The van der Waals surface area contributed by atoms with Crippen LogP contribution in [0.2, 0.25) is 0 Å². The molecule has 2 saturated heterocycles. The largest absolute Gasteiger partial charge is 0.508 e. The number of aromatic hydroxyl groups is 1. The molecule has 1 aliphatic carbocycles. The lowest BCUT2D eigenvalue weighted by molar-refractivity contribution is 0.232. The topological polar surface area (TPSA) is 35.5 Å². The van der Waals surface area contributed by atoms with E-state index in [1.54, 1.807) is 0 Å². The SMILES string of the molecule is Oc1ccc2c(c1)CCCC(c1ccccc1)=C2c1ccc(N2CCC3(CCNCC3)C2)cc1. The Kier molecular flexibility index (Phi) is 5.66. The van der Waals surface area contributed by atoms with Crippen LogP contribution in [0.3, 0.4) is 0 Å². The third-order valence-corrected chi connectivity index (χ3v) is 8.28. The molecule has 0 unspecified atom stereocenters. The Bertz CT molecular complexity index is 1190. The molecule has 2 N–H and O–H groups in total. The Hall–Kier alpha value is -3.04. The maximum absolute atomic E-state index is 10.2. The Morgan fingerprint density at radius 3 is 2.38 bits per heavy atom. The van der Waals surface area contributed by atoms with Gasteiger partial charge in [0.1, 0.15) is 5.75 Å². The predicted molar refractivity (Wildman–Crippen MR) is 141 cm³/mol. The zero-order valence-corrected chi connectivity index (χ0v) is 19.9. The van der Waals surface area contributed by atoms with E-state index in [1.807, 2.05) is 12.1 Å². The second kappa shape index (κ2) is 8.96. The van der Waals surface area contributed by atoms with Gasteiger partial charge in [0, 0.05) is 18.8 Å². The van der Waals surface area contributed by atoms with Crippen molar-refractivity contribution in [2.45, 2.75) is 38.5 Å². The van der Waals surface area contributed by atoms with Crippen molar-refractivity contribution in [3.63, 3.8) is 0 Å². The van der Waals surface area contributed by atoms with E-state index in [0.717, 1.165) is 32.4 Å². The van der Waals surface area contributed by atoms with Crippen LogP contribution < -0.4 is 10.2 Å². The molecule has 3 nitrogen and oxygen atoms in total. The molecule has 3 aromatic rings. The molecule has 3 aliphatic rings. The highest BCUT2D eigenvalue weighted by atomic mass is 16.3. The zero-order chi connectivity index (χ0) is 23.0. The van der Waals surface area contributed by atoms with Crippen molar-refractivity contribution in [1.82, 2.24) is 5.32 Å². The van der Waals surface area contributed by atoms with Gasteiger partial charge >= 0.3 is 0 Å². The number of phenols is 1. The predicted octanol–water partition coefficient (Wildman–Crippen LogP) is 6.27. The van der Waals surface area contributed by atoms with E-state index in [2.05, 4.69) is 70.9 Å². The molecule has 0 aromatic heterocycles. The number of allylic oxidation sites excluding steroid dienone is 1. The molecule has 3 heteroatoms. The maximum atomic E-state index is 10.2. The highest BCUT2D eigenvalue weighted by Gasteiger charge is 2.38. The van der Waals surface area contributed by atoms with Gasteiger partial charge in [-0.2, -0.15) is 0 Å². The van der Waals surface area contributed by atoms with Gasteiger partial charge in [-0.1, -0.05) is 48.5 Å². The third kappa shape index (κ3) is 4.03. The van der Waals surface area contributed by atoms with Gasteiger partial charge < -0.3 is 15.3 Å². The quantitative estimate of drug-likeness (QED) is 0.494. The van der Waals surface area contributed by atoms with E-state index < -0.39 is 0 Å². The van der Waals surface area contributed by atoms with Gasteiger partial charge in [0.25, 0.3) is 0 Å². The molecule has 1 spiro atoms. The lowest BCUT2D eigenvalue weighted by Gasteiger charge is -2.34. The summed E-state index contributed by atoms with van der Waals surface area (Å²) in [6, 6.07) is 26.0. The van der Waals surface area contributed by atoms with Crippen LogP contribution in [-0.2, 0) is 6.42 Å². The molecule has 34 heavy (non-hydrogen) atoms. The van der Waals surface area contributed by atoms with Crippen LogP contribution in [0.15, 0.2) is 72.8 Å². The van der Waals surface area contributed by atoms with E-state index in [1.165, 1.54) is 71.4 Å². The van der Waals surface area contributed by atoms with Gasteiger partial charge in [-0.15, -0.1) is 0 Å². The second-order valence-electron chi connectivity index (χ2n) is 10.4. The minimum atomic E-state index is 0.359. The summed E-state index contributed by atoms with van der Waals surface area (Å²) in [5.41, 5.74) is 9.67. The molecule has 2 fully saturated rings. The van der Waals surface area contributed by atoms with Gasteiger partial charge in [-0.05, 0) is 115 Å². The van der Waals surface area contributed by atoms with Gasteiger partial charge in [0.15, 0.2) is 0 Å². The minimum absolute atomic E-state index is 0.359. The number of nitrogens with zero attached hydrogens (tertiary/aromatic N) is 1. The van der Waals surface area contributed by atoms with Crippen molar-refractivity contribution in [3.05, 3.63) is 95.1 Å². The van der Waals surface area contributed by atoms with Gasteiger partial charge in [-0.25, -0.2) is 0 Å². The number of hydrogen-bond donors (Lipinski definition) is 2. The van der Waals surface area contributed by atoms with Crippen LogP contribution in [0.1, 0.15) is 54.4 Å². The summed E-state index contributed by atoms with van der Waals surface area (Å²) >= 11 is 0. The molecule has 3 aromatic carbocycles. The standard InChI is InChI=1S/C31H34N2O/c34-27-13-14-29-25(21-27)7-4-8-28(23-5-2-1-3-6-23)30(29)24-9-11-26(12-10-24)33-20-17-31(22-33)15-18-32-19-16-31/h1-3,5-6,9-14,21,32,34H,4,7-8,15-20,22H2. The number of rotatable bonds is 3. The molecule has 2 heterocycles. The Balaban J connectivity index is 1.38. The number of fused-ring (bicyclic) bond motifs is 1. The molecule has 0 radical (unpaired) electrons. The normalized spacial score (nSPS) is 19.8. The molecular formula is C31H34N2O. The van der Waals surface area contributed by atoms with Crippen LogP contribution in [0.5, 0.6) is 5.75 Å². The Labute approximate surface area is 203 Å². The van der Waals surface area contributed by atoms with E-state index in [-0.39, 0.29) is 0 Å². The fourth-order valence-corrected chi connectivity index (χ4v) is 6.39. The molecule has 0 bridgehead atoms. The fourth-order valence-electron chi connectivity index (χ4n) is 6.39. The number of benzene rings is 3. The van der Waals surface area contributed by atoms with Gasteiger partial charge in [-0.3, -0.25) is 0 Å². The lowest BCUT2D eigenvalue weighted by atomic mass is 9.78. The third-order valence-electron chi connectivity index (χ3n) is 8.28. The smallest absolute Gasteiger partial charge is 0.115 e. The van der Waals surface area contributed by atoms with Crippen molar-refractivity contribution < 1.29 is 5.11 Å². The Morgan fingerprint density at radius 1 is 0.794 bits per heavy atom. The van der Waals surface area contributed by atoms with Crippen LogP contribution in [0.4, 0.5) is 5.69 Å². The van der Waals surface area contributed by atoms with Crippen molar-refractivity contribution in [3.8, 4) is 5.75 Å².